The molecule has 51 heavy (non-hydrogen) atoms. The molecule has 0 radical (unpaired) electrons. The molecule has 2 aromatic carbocycles. The van der Waals surface area contributed by atoms with Gasteiger partial charge in [0, 0.05) is 55.2 Å². The van der Waals surface area contributed by atoms with E-state index in [9.17, 15) is 13.2 Å². The smallest absolute Gasteiger partial charge is 0.240 e. The Morgan fingerprint density at radius 3 is 1.88 bits per heavy atom. The van der Waals surface area contributed by atoms with Gasteiger partial charge in [-0.05, 0) is 54.9 Å². The van der Waals surface area contributed by atoms with Crippen molar-refractivity contribution < 1.29 is 46.4 Å². The highest BCUT2D eigenvalue weighted by Gasteiger charge is 2.27. The number of likely N-dealkylation sites (N-methyl/N-ethyl adjacent to an activating group) is 1. The van der Waals surface area contributed by atoms with Crippen molar-refractivity contribution in [3.63, 3.8) is 0 Å². The molecule has 0 saturated heterocycles. The van der Waals surface area contributed by atoms with E-state index in [1.54, 1.807) is 18.2 Å². The van der Waals surface area contributed by atoms with E-state index in [4.69, 9.17) is 56.4 Å². The molecule has 288 valence electrons. The summed E-state index contributed by atoms with van der Waals surface area (Å²) in [5.74, 6) is -0.0846. The maximum absolute atomic E-state index is 12.8. The summed E-state index contributed by atoms with van der Waals surface area (Å²) < 4.78 is 66.0. The van der Waals surface area contributed by atoms with Crippen molar-refractivity contribution >= 4 is 39.1 Å². The highest BCUT2D eigenvalue weighted by molar-refractivity contribution is 7.89. The number of fused-ring (bicyclic) bond motifs is 1. The van der Waals surface area contributed by atoms with Gasteiger partial charge in [-0.15, -0.1) is 0 Å². The van der Waals surface area contributed by atoms with Crippen LogP contribution in [0.2, 0.25) is 10.0 Å². The van der Waals surface area contributed by atoms with Crippen LogP contribution in [0, 0.1) is 0 Å². The summed E-state index contributed by atoms with van der Waals surface area (Å²) >= 11 is 12.8. The van der Waals surface area contributed by atoms with Gasteiger partial charge >= 0.3 is 0 Å². The zero-order valence-electron chi connectivity index (χ0n) is 29.7. The van der Waals surface area contributed by atoms with Gasteiger partial charge in [-0.3, -0.25) is 4.79 Å². The van der Waals surface area contributed by atoms with Crippen LogP contribution in [0.4, 0.5) is 0 Å². The molecule has 0 bridgehead atoms. The number of carbonyl (C=O) groups is 1. The van der Waals surface area contributed by atoms with Crippen LogP contribution in [-0.4, -0.2) is 138 Å². The van der Waals surface area contributed by atoms with Gasteiger partial charge in [0.2, 0.25) is 15.9 Å². The summed E-state index contributed by atoms with van der Waals surface area (Å²) in [6.07, 6.45) is 0.263. The van der Waals surface area contributed by atoms with Crippen LogP contribution >= 0.6 is 23.2 Å². The van der Waals surface area contributed by atoms with E-state index in [-0.39, 0.29) is 36.3 Å². The van der Waals surface area contributed by atoms with E-state index in [0.29, 0.717) is 102 Å². The van der Waals surface area contributed by atoms with Crippen molar-refractivity contribution in [2.24, 2.45) is 0 Å². The zero-order valence-corrected chi connectivity index (χ0v) is 32.0. The fourth-order valence-corrected chi connectivity index (χ4v) is 6.79. The van der Waals surface area contributed by atoms with Crippen LogP contribution in [0.1, 0.15) is 36.0 Å². The molecule has 0 aliphatic carbocycles. The molecule has 1 aliphatic rings. The molecule has 16 heteroatoms. The van der Waals surface area contributed by atoms with E-state index < -0.39 is 10.0 Å². The number of amides is 1. The van der Waals surface area contributed by atoms with Gasteiger partial charge in [-0.25, -0.2) is 13.1 Å². The Bertz CT molecular complexity index is 1390. The number of rotatable bonds is 28. The molecule has 0 spiro atoms. The molecule has 1 atom stereocenters. The van der Waals surface area contributed by atoms with Crippen molar-refractivity contribution in [3.05, 3.63) is 63.1 Å². The predicted octanol–water partition coefficient (Wildman–Crippen LogP) is 3.49. The van der Waals surface area contributed by atoms with E-state index in [1.165, 1.54) is 0 Å². The molecule has 3 rings (SSSR count). The largest absolute Gasteiger partial charge is 0.379 e. The van der Waals surface area contributed by atoms with Gasteiger partial charge in [0.05, 0.1) is 90.8 Å². The molecule has 0 fully saturated rings. The number of halogens is 2. The van der Waals surface area contributed by atoms with Crippen LogP contribution in [0.5, 0.6) is 0 Å². The van der Waals surface area contributed by atoms with Gasteiger partial charge in [0.1, 0.15) is 0 Å². The average molecular weight is 779 g/mol. The molecule has 1 amide bonds. The van der Waals surface area contributed by atoms with Crippen LogP contribution in [0.15, 0.2) is 41.3 Å². The molecular weight excluding hydrogens is 725 g/mol. The highest BCUT2D eigenvalue weighted by atomic mass is 35.5. The monoisotopic (exact) mass is 777 g/mol. The number of hydrogen-bond acceptors (Lipinski definition) is 11. The number of sulfonamides is 1. The molecule has 1 aliphatic heterocycles. The SMILES string of the molecule is CCOCCOCCOCCOCCC(=O)NCCOCCOCCOCCNS(=O)(=O)c1ccc(C2CN(C)Cc3c(Cl)cc(Cl)cc32)cc1. The molecule has 0 aromatic heterocycles. The predicted molar refractivity (Wildman–Crippen MR) is 195 cm³/mol. The number of nitrogens with zero attached hydrogens (tertiary/aromatic N) is 1. The number of ether oxygens (including phenoxy) is 7. The first kappa shape index (κ1) is 43.5. The molecule has 2 aromatic rings. The summed E-state index contributed by atoms with van der Waals surface area (Å²) in [6.45, 7) is 9.93. The fourth-order valence-electron chi connectivity index (χ4n) is 5.20. The van der Waals surface area contributed by atoms with Gasteiger partial charge in [0.25, 0.3) is 0 Å². The minimum Gasteiger partial charge on any atom is -0.379 e. The highest BCUT2D eigenvalue weighted by Crippen LogP contribution is 2.38. The molecular formula is C35H53Cl2N3O10S. The maximum atomic E-state index is 12.8. The summed E-state index contributed by atoms with van der Waals surface area (Å²) in [5.41, 5.74) is 3.10. The van der Waals surface area contributed by atoms with Gasteiger partial charge < -0.3 is 43.4 Å². The Labute approximate surface area is 312 Å². The zero-order chi connectivity index (χ0) is 36.7. The lowest BCUT2D eigenvalue weighted by molar-refractivity contribution is -0.122. The van der Waals surface area contributed by atoms with E-state index in [1.807, 2.05) is 32.2 Å². The lowest BCUT2D eigenvalue weighted by Gasteiger charge is -2.33. The van der Waals surface area contributed by atoms with Crippen molar-refractivity contribution in [1.82, 2.24) is 14.9 Å². The first-order valence-corrected chi connectivity index (χ1v) is 19.5. The second kappa shape index (κ2) is 25.2. The van der Waals surface area contributed by atoms with Crippen molar-refractivity contribution in [2.45, 2.75) is 30.7 Å². The second-order valence-electron chi connectivity index (χ2n) is 11.6. The number of nitrogens with one attached hydrogen (secondary N) is 2. The van der Waals surface area contributed by atoms with E-state index >= 15 is 0 Å². The van der Waals surface area contributed by atoms with Crippen LogP contribution in [0.25, 0.3) is 0 Å². The third kappa shape index (κ3) is 17.2. The summed E-state index contributed by atoms with van der Waals surface area (Å²) in [4.78, 5) is 14.2. The van der Waals surface area contributed by atoms with E-state index in [0.717, 1.165) is 29.8 Å². The third-order valence-electron chi connectivity index (χ3n) is 7.73. The molecule has 1 unspecified atom stereocenters. The van der Waals surface area contributed by atoms with Crippen molar-refractivity contribution in [2.75, 3.05) is 119 Å². The van der Waals surface area contributed by atoms with Crippen LogP contribution < -0.4 is 10.0 Å². The normalized spacial score (nSPS) is 14.9. The summed E-state index contributed by atoms with van der Waals surface area (Å²) in [7, 11) is -1.67. The Morgan fingerprint density at radius 2 is 1.29 bits per heavy atom. The van der Waals surface area contributed by atoms with Crippen LogP contribution in [-0.2, 0) is 54.5 Å². The minimum absolute atomic E-state index is 0.0243. The van der Waals surface area contributed by atoms with Crippen molar-refractivity contribution in [3.8, 4) is 0 Å². The number of benzene rings is 2. The van der Waals surface area contributed by atoms with Gasteiger partial charge in [-0.2, -0.15) is 0 Å². The van der Waals surface area contributed by atoms with Gasteiger partial charge in [0.15, 0.2) is 0 Å². The lowest BCUT2D eigenvalue weighted by atomic mass is 9.85. The fraction of sp³-hybridized carbons (Fsp3) is 0.629. The number of hydrogen-bond donors (Lipinski definition) is 2. The van der Waals surface area contributed by atoms with E-state index in [2.05, 4.69) is 14.9 Å². The van der Waals surface area contributed by atoms with Gasteiger partial charge in [-0.1, -0.05) is 35.3 Å². The standard InChI is InChI=1S/C35H53Cl2N3O10S/c1-3-44-14-15-48-22-23-49-19-16-45-11-8-35(41)38-9-12-46-17-20-50-21-18-47-13-10-39-51(42,43)30-6-4-28(5-7-30)32-26-40(2)27-33-31(32)24-29(36)25-34(33)37/h4-7,24-25,32,39H,3,8-23,26-27H2,1-2H3,(H,38,41). The summed E-state index contributed by atoms with van der Waals surface area (Å²) in [6, 6.07) is 10.6. The molecule has 1 heterocycles. The molecule has 0 saturated carbocycles. The Morgan fingerprint density at radius 1 is 0.765 bits per heavy atom. The third-order valence-corrected chi connectivity index (χ3v) is 9.76. The Hall–Kier alpha value is -1.92. The molecule has 2 N–H and O–H groups in total. The van der Waals surface area contributed by atoms with Crippen LogP contribution in [0.3, 0.4) is 0 Å². The first-order chi connectivity index (χ1) is 24.7. The number of carbonyl (C=O) groups excluding carboxylic acids is 1. The lowest BCUT2D eigenvalue weighted by Crippen LogP contribution is -2.31. The van der Waals surface area contributed by atoms with Crippen molar-refractivity contribution in [1.29, 1.82) is 0 Å². The maximum Gasteiger partial charge on any atom is 0.240 e. The summed E-state index contributed by atoms with van der Waals surface area (Å²) in [5, 5.41) is 4.00. The first-order valence-electron chi connectivity index (χ1n) is 17.3. The Kier molecular flexibility index (Phi) is 21.5. The molecule has 13 nitrogen and oxygen atoms in total. The minimum atomic E-state index is -3.70. The second-order valence-corrected chi connectivity index (χ2v) is 14.3. The average Bonchev–Trinajstić information content (AvgIpc) is 3.11. The quantitative estimate of drug-likeness (QED) is 0.123. The Balaban J connectivity index is 1.14. The topological polar surface area (TPSA) is 143 Å².